The van der Waals surface area contributed by atoms with Crippen LogP contribution in [-0.4, -0.2) is 27.1 Å². The topological polar surface area (TPSA) is 113 Å². The lowest BCUT2D eigenvalue weighted by atomic mass is 10.1. The van der Waals surface area contributed by atoms with E-state index in [1.54, 1.807) is 13.8 Å². The summed E-state index contributed by atoms with van der Waals surface area (Å²) in [7, 11) is -4.05. The fraction of sp³-hybridized carbons (Fsp3) is 0.400. The third kappa shape index (κ3) is 4.09. The normalized spacial score (nSPS) is 15.0. The second kappa shape index (κ2) is 5.68. The third-order valence-corrected chi connectivity index (χ3v) is 5.25. The maximum Gasteiger partial charge on any atom is 0.299 e. The number of nitrogens with one attached hydrogen (secondary N) is 1. The number of rotatable bonds is 5. The molecule has 0 saturated carbocycles. The maximum atomic E-state index is 12.3. The van der Waals surface area contributed by atoms with Crippen LogP contribution in [0.15, 0.2) is 22.7 Å². The van der Waals surface area contributed by atoms with Crippen LogP contribution in [0, 0.1) is 10.1 Å². The summed E-state index contributed by atoms with van der Waals surface area (Å²) in [6.07, 6.45) is 0. The van der Waals surface area contributed by atoms with Crippen LogP contribution in [0.1, 0.15) is 13.8 Å². The predicted octanol–water partition coefficient (Wildman–Crippen LogP) is 1.53. The Hall–Kier alpha value is -0.790. The summed E-state index contributed by atoms with van der Waals surface area (Å²) in [5, 5.41) is 22.1. The number of aliphatic hydroxyl groups is 1. The number of hydrogen-bond acceptors (Lipinski definition) is 4. The smallest absolute Gasteiger partial charge is 0.299 e. The van der Waals surface area contributed by atoms with Crippen molar-refractivity contribution in [2.45, 2.75) is 19.4 Å². The van der Waals surface area contributed by atoms with E-state index in [0.717, 1.165) is 6.07 Å². The van der Waals surface area contributed by atoms with Crippen molar-refractivity contribution in [3.05, 3.63) is 32.8 Å². The molecule has 1 unspecified atom stereocenters. The molecule has 9 heteroatoms. The predicted molar refractivity (Wildman–Crippen MR) is 74.6 cm³/mol. The first-order valence-electron chi connectivity index (χ1n) is 5.27. The number of non-ortho nitro benzene ring substituents is 1. The van der Waals surface area contributed by atoms with Crippen LogP contribution in [0.3, 0.4) is 0 Å². The molecular weight excluding hydrogens is 339 g/mol. The number of nitrogens with zero attached hydrogens (tertiary/aromatic N) is 1. The number of halogens is 1. The third-order valence-electron chi connectivity index (χ3n) is 2.32. The molecule has 0 aliphatic rings. The van der Waals surface area contributed by atoms with Crippen LogP contribution >= 0.6 is 23.4 Å². The molecule has 1 rings (SSSR count). The minimum absolute atomic E-state index is 0.108. The zero-order valence-corrected chi connectivity index (χ0v) is 12.8. The lowest BCUT2D eigenvalue weighted by Gasteiger charge is -2.27. The molecule has 0 bridgehead atoms. The van der Waals surface area contributed by atoms with E-state index < -0.39 is 18.0 Å². The number of nitro benzene ring substituents is 1. The van der Waals surface area contributed by atoms with Crippen LogP contribution < -0.4 is 10.4 Å². The summed E-state index contributed by atoms with van der Waals surface area (Å²) in [4.78, 5) is 20.1. The van der Waals surface area contributed by atoms with Gasteiger partial charge in [0.05, 0.1) is 16.8 Å². The Kier molecular flexibility index (Phi) is 4.86. The second-order valence-electron chi connectivity index (χ2n) is 4.62. The van der Waals surface area contributed by atoms with E-state index in [4.69, 9.17) is 5.11 Å². The Labute approximate surface area is 118 Å². The number of hydrogen-bond donors (Lipinski definition) is 3. The Morgan fingerprint density at radius 1 is 1.53 bits per heavy atom. The highest BCUT2D eigenvalue weighted by Gasteiger charge is 2.32. The van der Waals surface area contributed by atoms with Gasteiger partial charge in [-0.15, -0.1) is 0 Å². The summed E-state index contributed by atoms with van der Waals surface area (Å²) in [6, 6.07) is 3.60. The molecule has 0 saturated heterocycles. The van der Waals surface area contributed by atoms with E-state index in [-0.39, 0.29) is 22.1 Å². The van der Waals surface area contributed by atoms with Gasteiger partial charge in [-0.05, 0) is 35.8 Å². The molecule has 7 nitrogen and oxygen atoms in total. The first-order chi connectivity index (χ1) is 8.59. The molecule has 0 amide bonds. The Balaban J connectivity index is 3.24. The van der Waals surface area contributed by atoms with Gasteiger partial charge in [0.25, 0.3) is 13.2 Å². The van der Waals surface area contributed by atoms with Crippen molar-refractivity contribution in [2.75, 3.05) is 6.61 Å². The van der Waals surface area contributed by atoms with Crippen molar-refractivity contribution in [1.82, 2.24) is 5.09 Å². The molecule has 1 atom stereocenters. The number of aliphatic hydroxyl groups excluding tert-OH is 1. The minimum Gasteiger partial charge on any atom is -0.394 e. The average molecular weight is 353 g/mol. The van der Waals surface area contributed by atoms with Crippen molar-refractivity contribution in [1.29, 1.82) is 0 Å². The van der Waals surface area contributed by atoms with E-state index in [1.165, 1.54) is 12.1 Å². The van der Waals surface area contributed by atoms with E-state index in [1.807, 2.05) is 0 Å². The summed E-state index contributed by atoms with van der Waals surface area (Å²) in [5.74, 6) is 0. The highest BCUT2D eigenvalue weighted by Crippen LogP contribution is 2.40. The van der Waals surface area contributed by atoms with Gasteiger partial charge in [-0.1, -0.05) is 0 Å². The summed E-state index contributed by atoms with van der Waals surface area (Å²) in [6.45, 7) is 2.73. The molecule has 0 aromatic heterocycles. The Morgan fingerprint density at radius 2 is 2.11 bits per heavy atom. The Morgan fingerprint density at radius 3 is 2.58 bits per heavy atom. The van der Waals surface area contributed by atoms with Crippen molar-refractivity contribution in [2.24, 2.45) is 0 Å². The zero-order chi connectivity index (χ0) is 14.8. The standard InChI is InChI=1S/C10H14BrN2O5P/c1-10(2,6-14)12-19(17,18)9-5-7(13(15)16)3-4-8(9)11/h3-5,14H,6H2,1-2H3,(H2,12,17,18). The second-order valence-corrected chi connectivity index (χ2v) is 7.33. The van der Waals surface area contributed by atoms with Gasteiger partial charge >= 0.3 is 0 Å². The molecule has 1 aromatic carbocycles. The molecule has 0 aliphatic carbocycles. The highest BCUT2D eigenvalue weighted by atomic mass is 79.9. The summed E-state index contributed by atoms with van der Waals surface area (Å²) in [5.41, 5.74) is -1.27. The molecule has 106 valence electrons. The van der Waals surface area contributed by atoms with Crippen molar-refractivity contribution in [3.8, 4) is 0 Å². The molecule has 0 aliphatic heterocycles. The van der Waals surface area contributed by atoms with Crippen molar-refractivity contribution in [3.63, 3.8) is 0 Å². The molecule has 0 fully saturated rings. The van der Waals surface area contributed by atoms with Crippen LogP contribution in [0.2, 0.25) is 0 Å². The summed E-state index contributed by atoms with van der Waals surface area (Å²) >= 11 is 3.09. The monoisotopic (exact) mass is 352 g/mol. The SMILES string of the molecule is CC(C)(CO)NP(=O)(O)c1cc([N+](=O)[O-])ccc1Br. The average Bonchev–Trinajstić information content (AvgIpc) is 2.27. The van der Waals surface area contributed by atoms with Gasteiger partial charge in [-0.3, -0.25) is 14.7 Å². The molecule has 0 spiro atoms. The highest BCUT2D eigenvalue weighted by molar-refractivity contribution is 9.10. The van der Waals surface area contributed by atoms with Gasteiger partial charge in [0, 0.05) is 22.1 Å². The van der Waals surface area contributed by atoms with Gasteiger partial charge in [-0.25, -0.2) is 5.09 Å². The zero-order valence-electron chi connectivity index (χ0n) is 10.3. The van der Waals surface area contributed by atoms with Crippen LogP contribution in [0.5, 0.6) is 0 Å². The molecule has 19 heavy (non-hydrogen) atoms. The fourth-order valence-corrected chi connectivity index (χ4v) is 4.00. The molecule has 3 N–H and O–H groups in total. The van der Waals surface area contributed by atoms with Crippen LogP contribution in [0.25, 0.3) is 0 Å². The van der Waals surface area contributed by atoms with Gasteiger partial charge in [-0.2, -0.15) is 0 Å². The fourth-order valence-electron chi connectivity index (χ4n) is 1.35. The first-order valence-corrected chi connectivity index (χ1v) is 7.72. The van der Waals surface area contributed by atoms with Crippen LogP contribution in [-0.2, 0) is 4.57 Å². The van der Waals surface area contributed by atoms with Gasteiger partial charge < -0.3 is 10.00 Å². The van der Waals surface area contributed by atoms with E-state index in [9.17, 15) is 19.6 Å². The lowest BCUT2D eigenvalue weighted by molar-refractivity contribution is -0.384. The van der Waals surface area contributed by atoms with E-state index in [0.29, 0.717) is 0 Å². The number of nitro groups is 1. The molecule has 0 heterocycles. The number of benzene rings is 1. The maximum absolute atomic E-state index is 12.3. The van der Waals surface area contributed by atoms with Crippen molar-refractivity contribution < 1.29 is 19.5 Å². The van der Waals surface area contributed by atoms with E-state index >= 15 is 0 Å². The Bertz CT molecular complexity index is 549. The minimum atomic E-state index is -4.05. The first kappa shape index (κ1) is 16.3. The quantitative estimate of drug-likeness (QED) is 0.420. The summed E-state index contributed by atoms with van der Waals surface area (Å²) < 4.78 is 12.5. The van der Waals surface area contributed by atoms with E-state index in [2.05, 4.69) is 21.0 Å². The molecule has 1 aromatic rings. The van der Waals surface area contributed by atoms with Gasteiger partial charge in [0.2, 0.25) is 0 Å². The molecule has 0 radical (unpaired) electrons. The lowest BCUT2D eigenvalue weighted by Crippen LogP contribution is -2.42. The van der Waals surface area contributed by atoms with Gasteiger partial charge in [0.15, 0.2) is 0 Å². The largest absolute Gasteiger partial charge is 0.394 e. The molecular formula is C10H14BrN2O5P. The van der Waals surface area contributed by atoms with Gasteiger partial charge in [0.1, 0.15) is 0 Å². The van der Waals surface area contributed by atoms with Crippen LogP contribution in [0.4, 0.5) is 5.69 Å². The van der Waals surface area contributed by atoms with Crippen molar-refractivity contribution >= 4 is 34.4 Å².